The van der Waals surface area contributed by atoms with Gasteiger partial charge in [0, 0.05) is 12.1 Å². The van der Waals surface area contributed by atoms with E-state index in [1.807, 2.05) is 36.4 Å². The Kier molecular flexibility index (Phi) is 4.51. The monoisotopic (exact) mass is 324 g/mol. The van der Waals surface area contributed by atoms with E-state index in [2.05, 4.69) is 24.1 Å². The van der Waals surface area contributed by atoms with Crippen LogP contribution in [-0.2, 0) is 11.2 Å². The number of aryl methyl sites for hydroxylation is 1. The van der Waals surface area contributed by atoms with Crippen molar-refractivity contribution in [2.45, 2.75) is 32.6 Å². The van der Waals surface area contributed by atoms with Crippen molar-refractivity contribution in [2.75, 3.05) is 5.32 Å². The van der Waals surface area contributed by atoms with E-state index in [0.717, 1.165) is 11.3 Å². The fourth-order valence-electron chi connectivity index (χ4n) is 2.59. The van der Waals surface area contributed by atoms with E-state index in [1.165, 1.54) is 5.56 Å². The number of oxazole rings is 1. The number of aromatic amines is 1. The van der Waals surface area contributed by atoms with Crippen LogP contribution in [0.5, 0.6) is 0 Å². The molecule has 5 nitrogen and oxygen atoms in total. The fraction of sp³-hybridized carbons (Fsp3) is 0.263. The molecular weight excluding hydrogens is 304 g/mol. The summed E-state index contributed by atoms with van der Waals surface area (Å²) in [6.07, 6.45) is 0.971. The van der Waals surface area contributed by atoms with Crippen LogP contribution in [-0.4, -0.2) is 10.9 Å². The second-order valence-corrected chi connectivity index (χ2v) is 6.17. The zero-order chi connectivity index (χ0) is 17.1. The van der Waals surface area contributed by atoms with Gasteiger partial charge >= 0.3 is 5.76 Å². The number of carbonyl (C=O) groups excluding carboxylic acids is 1. The molecule has 0 atom stereocenters. The Morgan fingerprint density at radius 1 is 1.17 bits per heavy atom. The van der Waals surface area contributed by atoms with Crippen LogP contribution in [0.2, 0.25) is 0 Å². The largest absolute Gasteiger partial charge is 0.417 e. The van der Waals surface area contributed by atoms with Crippen LogP contribution in [0, 0.1) is 0 Å². The number of fused-ring (bicyclic) bond motifs is 1. The third kappa shape index (κ3) is 3.74. The minimum atomic E-state index is -0.468. The van der Waals surface area contributed by atoms with Crippen LogP contribution in [0.4, 0.5) is 5.69 Å². The minimum absolute atomic E-state index is 0.0342. The Labute approximate surface area is 139 Å². The van der Waals surface area contributed by atoms with E-state index in [4.69, 9.17) is 4.42 Å². The number of hydrogen-bond donors (Lipinski definition) is 2. The van der Waals surface area contributed by atoms with Crippen LogP contribution in [0.25, 0.3) is 11.1 Å². The zero-order valence-electron chi connectivity index (χ0n) is 13.8. The van der Waals surface area contributed by atoms with Crippen LogP contribution in [0.1, 0.15) is 37.3 Å². The van der Waals surface area contributed by atoms with Gasteiger partial charge in [0.25, 0.3) is 0 Å². The highest BCUT2D eigenvalue weighted by Crippen LogP contribution is 2.18. The molecule has 2 aromatic carbocycles. The summed E-state index contributed by atoms with van der Waals surface area (Å²) < 4.78 is 4.96. The number of H-pyrrole nitrogens is 1. The first kappa shape index (κ1) is 16.1. The van der Waals surface area contributed by atoms with Crippen LogP contribution >= 0.6 is 0 Å². The molecule has 0 aliphatic rings. The molecule has 0 spiro atoms. The van der Waals surface area contributed by atoms with Crippen molar-refractivity contribution >= 4 is 22.7 Å². The topological polar surface area (TPSA) is 75.1 Å². The van der Waals surface area contributed by atoms with Crippen molar-refractivity contribution in [3.8, 4) is 0 Å². The Bertz CT molecular complexity index is 904. The molecule has 5 heteroatoms. The summed E-state index contributed by atoms with van der Waals surface area (Å²) >= 11 is 0. The normalized spacial score (nSPS) is 11.1. The third-order valence-corrected chi connectivity index (χ3v) is 3.99. The Balaban J connectivity index is 1.58. The van der Waals surface area contributed by atoms with E-state index in [-0.39, 0.29) is 5.91 Å². The van der Waals surface area contributed by atoms with Crippen LogP contribution in [0.15, 0.2) is 51.7 Å². The number of hydrogen-bond acceptors (Lipinski definition) is 3. The maximum atomic E-state index is 12.1. The number of amides is 1. The Morgan fingerprint density at radius 2 is 1.92 bits per heavy atom. The lowest BCUT2D eigenvalue weighted by Crippen LogP contribution is -2.12. The smallest absolute Gasteiger partial charge is 0.408 e. The highest BCUT2D eigenvalue weighted by atomic mass is 16.4. The second-order valence-electron chi connectivity index (χ2n) is 6.17. The number of rotatable bonds is 5. The molecule has 3 aromatic rings. The van der Waals surface area contributed by atoms with Crippen molar-refractivity contribution in [3.05, 3.63) is 64.1 Å². The van der Waals surface area contributed by atoms with Crippen molar-refractivity contribution < 1.29 is 9.21 Å². The predicted molar refractivity (Wildman–Crippen MR) is 94.3 cm³/mol. The molecule has 1 aromatic heterocycles. The Morgan fingerprint density at radius 3 is 2.62 bits per heavy atom. The van der Waals surface area contributed by atoms with Crippen LogP contribution in [0.3, 0.4) is 0 Å². The molecule has 3 rings (SSSR count). The molecular formula is C19H20N2O3. The van der Waals surface area contributed by atoms with E-state index in [0.29, 0.717) is 29.9 Å². The van der Waals surface area contributed by atoms with Crippen molar-refractivity contribution in [1.82, 2.24) is 4.98 Å². The van der Waals surface area contributed by atoms with E-state index < -0.39 is 5.76 Å². The molecule has 1 heterocycles. The summed E-state index contributed by atoms with van der Waals surface area (Å²) in [5.41, 5.74) is 4.21. The first-order valence-electron chi connectivity index (χ1n) is 8.03. The average molecular weight is 324 g/mol. The summed E-state index contributed by atoms with van der Waals surface area (Å²) in [4.78, 5) is 25.9. The van der Waals surface area contributed by atoms with Crippen molar-refractivity contribution in [3.63, 3.8) is 0 Å². The molecule has 124 valence electrons. The number of nitrogens with one attached hydrogen (secondary N) is 2. The average Bonchev–Trinajstić information content (AvgIpc) is 2.92. The standard InChI is InChI=1S/C19H20N2O3/c1-12(2)14-5-7-15(8-6-14)20-18(22)10-4-13-3-9-17-16(11-13)21-19(23)24-17/h3,5-9,11-12H,4,10H2,1-2H3,(H,20,22)(H,21,23). The van der Waals surface area contributed by atoms with Crippen molar-refractivity contribution in [1.29, 1.82) is 0 Å². The second kappa shape index (κ2) is 6.74. The molecule has 0 saturated carbocycles. The van der Waals surface area contributed by atoms with Gasteiger partial charge in [-0.3, -0.25) is 9.78 Å². The van der Waals surface area contributed by atoms with Gasteiger partial charge in [0.1, 0.15) is 0 Å². The van der Waals surface area contributed by atoms with Gasteiger partial charge in [-0.15, -0.1) is 0 Å². The van der Waals surface area contributed by atoms with E-state index in [1.54, 1.807) is 6.07 Å². The van der Waals surface area contributed by atoms with Gasteiger partial charge in [-0.2, -0.15) is 0 Å². The maximum Gasteiger partial charge on any atom is 0.417 e. The molecule has 0 radical (unpaired) electrons. The van der Waals surface area contributed by atoms with Gasteiger partial charge in [0.05, 0.1) is 5.52 Å². The molecule has 0 aliphatic carbocycles. The zero-order valence-corrected chi connectivity index (χ0v) is 13.8. The fourth-order valence-corrected chi connectivity index (χ4v) is 2.59. The summed E-state index contributed by atoms with van der Waals surface area (Å²) in [5.74, 6) is -0.0307. The third-order valence-electron chi connectivity index (χ3n) is 3.99. The number of carbonyl (C=O) groups is 1. The van der Waals surface area contributed by atoms with Gasteiger partial charge < -0.3 is 9.73 Å². The molecule has 0 fully saturated rings. The molecule has 0 bridgehead atoms. The molecule has 1 amide bonds. The summed E-state index contributed by atoms with van der Waals surface area (Å²) in [7, 11) is 0. The van der Waals surface area contributed by atoms with Gasteiger partial charge in [0.15, 0.2) is 5.58 Å². The van der Waals surface area contributed by atoms with Gasteiger partial charge in [-0.1, -0.05) is 32.0 Å². The lowest BCUT2D eigenvalue weighted by molar-refractivity contribution is -0.116. The number of aromatic nitrogens is 1. The molecule has 0 aliphatic heterocycles. The van der Waals surface area contributed by atoms with Gasteiger partial charge in [-0.05, 0) is 47.7 Å². The Hall–Kier alpha value is -2.82. The minimum Gasteiger partial charge on any atom is -0.408 e. The van der Waals surface area contributed by atoms with Gasteiger partial charge in [0.2, 0.25) is 5.91 Å². The quantitative estimate of drug-likeness (QED) is 0.749. The summed E-state index contributed by atoms with van der Waals surface area (Å²) in [6.45, 7) is 4.27. The lowest BCUT2D eigenvalue weighted by Gasteiger charge is -2.08. The first-order chi connectivity index (χ1) is 11.5. The lowest BCUT2D eigenvalue weighted by atomic mass is 10.0. The van der Waals surface area contributed by atoms with E-state index >= 15 is 0 Å². The summed E-state index contributed by atoms with van der Waals surface area (Å²) in [6, 6.07) is 13.4. The van der Waals surface area contributed by atoms with E-state index in [9.17, 15) is 9.59 Å². The summed E-state index contributed by atoms with van der Waals surface area (Å²) in [5, 5.41) is 2.90. The highest BCUT2D eigenvalue weighted by molar-refractivity contribution is 5.90. The van der Waals surface area contributed by atoms with Gasteiger partial charge in [-0.25, -0.2) is 4.79 Å². The molecule has 0 saturated heterocycles. The first-order valence-corrected chi connectivity index (χ1v) is 8.03. The number of anilines is 1. The molecule has 24 heavy (non-hydrogen) atoms. The van der Waals surface area contributed by atoms with Crippen molar-refractivity contribution in [2.24, 2.45) is 0 Å². The predicted octanol–water partition coefficient (Wildman–Crippen LogP) is 3.82. The van der Waals surface area contributed by atoms with Crippen LogP contribution < -0.4 is 11.1 Å². The SMILES string of the molecule is CC(C)c1ccc(NC(=O)CCc2ccc3oc(=O)[nH]c3c2)cc1. The molecule has 0 unspecified atom stereocenters. The highest BCUT2D eigenvalue weighted by Gasteiger charge is 2.06. The number of benzene rings is 2. The maximum absolute atomic E-state index is 12.1. The molecule has 2 N–H and O–H groups in total.